The van der Waals surface area contributed by atoms with E-state index in [4.69, 9.17) is 16.7 Å². The maximum absolute atomic E-state index is 8.90. The monoisotopic (exact) mass is 239 g/mol. The Bertz CT molecular complexity index is 325. The highest BCUT2D eigenvalue weighted by molar-refractivity contribution is 6.30. The van der Waals surface area contributed by atoms with E-state index < -0.39 is 0 Å². The smallest absolute Gasteiger partial charge is 0.0434 e. The molecule has 2 rings (SSSR count). The zero-order chi connectivity index (χ0) is 11.4. The quantitative estimate of drug-likeness (QED) is 0.873. The minimum absolute atomic E-state index is 0.319. The van der Waals surface area contributed by atoms with Crippen LogP contribution in [-0.4, -0.2) is 29.7 Å². The summed E-state index contributed by atoms with van der Waals surface area (Å²) in [6.45, 7) is 3.58. The molecule has 1 saturated heterocycles. The van der Waals surface area contributed by atoms with E-state index in [1.807, 2.05) is 12.1 Å². The highest BCUT2D eigenvalue weighted by atomic mass is 35.5. The van der Waals surface area contributed by atoms with Crippen LogP contribution in [0.15, 0.2) is 24.3 Å². The lowest BCUT2D eigenvalue weighted by Crippen LogP contribution is -2.20. The zero-order valence-electron chi connectivity index (χ0n) is 9.40. The van der Waals surface area contributed by atoms with Gasteiger partial charge in [0.15, 0.2) is 0 Å². The molecule has 2 nitrogen and oxygen atoms in total. The van der Waals surface area contributed by atoms with Gasteiger partial charge in [-0.2, -0.15) is 0 Å². The summed E-state index contributed by atoms with van der Waals surface area (Å²) >= 11 is 5.85. The molecule has 0 amide bonds. The average Bonchev–Trinajstić information content (AvgIpc) is 2.70. The number of aliphatic hydroxyl groups is 1. The van der Waals surface area contributed by atoms with Crippen molar-refractivity contribution in [2.24, 2.45) is 5.92 Å². The fourth-order valence-electron chi connectivity index (χ4n) is 2.32. The summed E-state index contributed by atoms with van der Waals surface area (Å²) in [4.78, 5) is 2.45. The van der Waals surface area contributed by atoms with E-state index in [-0.39, 0.29) is 0 Å². The van der Waals surface area contributed by atoms with E-state index in [1.165, 1.54) is 12.0 Å². The summed E-state index contributed by atoms with van der Waals surface area (Å²) in [5.74, 6) is 0.678. The molecule has 1 aromatic carbocycles. The molecule has 1 heterocycles. The third-order valence-electron chi connectivity index (χ3n) is 3.23. The average molecular weight is 240 g/mol. The molecule has 0 aliphatic carbocycles. The summed E-state index contributed by atoms with van der Waals surface area (Å²) in [6, 6.07) is 8.06. The topological polar surface area (TPSA) is 23.5 Å². The van der Waals surface area contributed by atoms with Gasteiger partial charge in [-0.3, -0.25) is 4.90 Å². The van der Waals surface area contributed by atoms with Crippen molar-refractivity contribution in [3.63, 3.8) is 0 Å². The van der Waals surface area contributed by atoms with E-state index in [0.717, 1.165) is 31.1 Å². The molecule has 1 aromatic rings. The first-order chi connectivity index (χ1) is 7.78. The molecule has 0 radical (unpaired) electrons. The van der Waals surface area contributed by atoms with Crippen LogP contribution in [0.25, 0.3) is 0 Å². The van der Waals surface area contributed by atoms with Crippen LogP contribution in [0.4, 0.5) is 0 Å². The molecule has 1 fully saturated rings. The Morgan fingerprint density at radius 2 is 2.06 bits per heavy atom. The number of aliphatic hydroxyl groups excluding tert-OH is 1. The summed E-state index contributed by atoms with van der Waals surface area (Å²) in [7, 11) is 0. The number of rotatable bonds is 4. The second kappa shape index (κ2) is 5.67. The van der Waals surface area contributed by atoms with Crippen molar-refractivity contribution in [2.45, 2.75) is 19.4 Å². The molecule has 1 N–H and O–H groups in total. The van der Waals surface area contributed by atoms with E-state index in [1.54, 1.807) is 0 Å². The lowest BCUT2D eigenvalue weighted by atomic mass is 10.1. The first-order valence-corrected chi connectivity index (χ1v) is 6.23. The molecule has 88 valence electrons. The maximum atomic E-state index is 8.90. The van der Waals surface area contributed by atoms with Crippen LogP contribution >= 0.6 is 11.6 Å². The van der Waals surface area contributed by atoms with Gasteiger partial charge in [0.05, 0.1) is 0 Å². The van der Waals surface area contributed by atoms with Gasteiger partial charge in [-0.25, -0.2) is 0 Å². The summed E-state index contributed by atoms with van der Waals surface area (Å²) in [5, 5.41) is 9.69. The van der Waals surface area contributed by atoms with Crippen molar-refractivity contribution < 1.29 is 5.11 Å². The molecular weight excluding hydrogens is 222 g/mol. The van der Waals surface area contributed by atoms with E-state index in [0.29, 0.717) is 12.5 Å². The van der Waals surface area contributed by atoms with Crippen LogP contribution in [0.1, 0.15) is 18.4 Å². The van der Waals surface area contributed by atoms with Gasteiger partial charge >= 0.3 is 0 Å². The van der Waals surface area contributed by atoms with Crippen molar-refractivity contribution in [1.82, 2.24) is 4.90 Å². The molecule has 0 spiro atoms. The number of halogens is 1. The Morgan fingerprint density at radius 3 is 2.75 bits per heavy atom. The first-order valence-electron chi connectivity index (χ1n) is 5.85. The Kier molecular flexibility index (Phi) is 4.22. The van der Waals surface area contributed by atoms with Crippen molar-refractivity contribution in [1.29, 1.82) is 0 Å². The van der Waals surface area contributed by atoms with Crippen LogP contribution in [0, 0.1) is 5.92 Å². The van der Waals surface area contributed by atoms with Crippen molar-refractivity contribution >= 4 is 11.6 Å². The summed E-state index contributed by atoms with van der Waals surface area (Å²) < 4.78 is 0. The standard InChI is InChI=1S/C13H18ClNO/c14-13-3-1-11(2-4-13)9-15-7-5-12(10-15)6-8-16/h1-4,12,16H,5-10H2. The normalized spacial score (nSPS) is 21.5. The van der Waals surface area contributed by atoms with Gasteiger partial charge in [0.25, 0.3) is 0 Å². The number of benzene rings is 1. The van der Waals surface area contributed by atoms with Gasteiger partial charge < -0.3 is 5.11 Å². The molecule has 0 saturated carbocycles. The van der Waals surface area contributed by atoms with Crippen molar-refractivity contribution in [2.75, 3.05) is 19.7 Å². The highest BCUT2D eigenvalue weighted by Gasteiger charge is 2.21. The molecule has 1 aliphatic heterocycles. The molecule has 1 atom stereocenters. The van der Waals surface area contributed by atoms with Gasteiger partial charge in [0, 0.05) is 24.7 Å². The second-order valence-electron chi connectivity index (χ2n) is 4.53. The molecule has 0 aromatic heterocycles. The molecular formula is C13H18ClNO. The molecule has 3 heteroatoms. The van der Waals surface area contributed by atoms with Gasteiger partial charge in [-0.1, -0.05) is 23.7 Å². The van der Waals surface area contributed by atoms with Gasteiger partial charge in [0.2, 0.25) is 0 Å². The van der Waals surface area contributed by atoms with Gasteiger partial charge in [-0.05, 0) is 43.0 Å². The lowest BCUT2D eigenvalue weighted by Gasteiger charge is -2.15. The first kappa shape index (κ1) is 11.9. The second-order valence-corrected chi connectivity index (χ2v) is 4.96. The Morgan fingerprint density at radius 1 is 1.31 bits per heavy atom. The SMILES string of the molecule is OCCC1CCN(Cc2ccc(Cl)cc2)C1. The van der Waals surface area contributed by atoms with Crippen LogP contribution in [0.5, 0.6) is 0 Å². The van der Waals surface area contributed by atoms with E-state index >= 15 is 0 Å². The van der Waals surface area contributed by atoms with Crippen molar-refractivity contribution in [3.8, 4) is 0 Å². The van der Waals surface area contributed by atoms with Crippen LogP contribution in [0.2, 0.25) is 5.02 Å². The number of hydrogen-bond acceptors (Lipinski definition) is 2. The Hall–Kier alpha value is -0.570. The van der Waals surface area contributed by atoms with E-state index in [9.17, 15) is 0 Å². The van der Waals surface area contributed by atoms with Gasteiger partial charge in [-0.15, -0.1) is 0 Å². The largest absolute Gasteiger partial charge is 0.396 e. The van der Waals surface area contributed by atoms with Crippen LogP contribution in [-0.2, 0) is 6.54 Å². The Balaban J connectivity index is 1.84. The predicted molar refractivity (Wildman–Crippen MR) is 66.5 cm³/mol. The number of nitrogens with zero attached hydrogens (tertiary/aromatic N) is 1. The fourth-order valence-corrected chi connectivity index (χ4v) is 2.45. The molecule has 16 heavy (non-hydrogen) atoms. The zero-order valence-corrected chi connectivity index (χ0v) is 10.2. The minimum Gasteiger partial charge on any atom is -0.396 e. The molecule has 0 bridgehead atoms. The third-order valence-corrected chi connectivity index (χ3v) is 3.48. The Labute approximate surface area is 102 Å². The maximum Gasteiger partial charge on any atom is 0.0434 e. The van der Waals surface area contributed by atoms with Crippen LogP contribution < -0.4 is 0 Å². The van der Waals surface area contributed by atoms with E-state index in [2.05, 4.69) is 17.0 Å². The number of hydrogen-bond donors (Lipinski definition) is 1. The fraction of sp³-hybridized carbons (Fsp3) is 0.538. The minimum atomic E-state index is 0.319. The highest BCUT2D eigenvalue weighted by Crippen LogP contribution is 2.21. The molecule has 1 unspecified atom stereocenters. The predicted octanol–water partition coefficient (Wildman–Crippen LogP) is 2.54. The third kappa shape index (κ3) is 3.21. The summed E-state index contributed by atoms with van der Waals surface area (Å²) in [6.07, 6.45) is 2.16. The van der Waals surface area contributed by atoms with Crippen LogP contribution in [0.3, 0.4) is 0 Å². The summed E-state index contributed by atoms with van der Waals surface area (Å²) in [5.41, 5.74) is 1.31. The van der Waals surface area contributed by atoms with Crippen molar-refractivity contribution in [3.05, 3.63) is 34.9 Å². The van der Waals surface area contributed by atoms with Gasteiger partial charge in [0.1, 0.15) is 0 Å². The lowest BCUT2D eigenvalue weighted by molar-refractivity contribution is 0.249. The molecule has 1 aliphatic rings. The number of likely N-dealkylation sites (tertiary alicyclic amines) is 1.